The van der Waals surface area contributed by atoms with Crippen LogP contribution in [0.25, 0.3) is 5.65 Å². The normalized spacial score (nSPS) is 10.6. The van der Waals surface area contributed by atoms with E-state index in [2.05, 4.69) is 20.7 Å². The first-order chi connectivity index (χ1) is 13.0. The minimum absolute atomic E-state index is 0.184. The summed E-state index contributed by atoms with van der Waals surface area (Å²) in [4.78, 5) is 40.9. The molecule has 140 valence electrons. The second-order valence-corrected chi connectivity index (χ2v) is 6.59. The van der Waals surface area contributed by atoms with Gasteiger partial charge in [-0.3, -0.25) is 10.1 Å². The zero-order valence-corrected chi connectivity index (χ0v) is 15.3. The molecule has 27 heavy (non-hydrogen) atoms. The third-order valence-corrected chi connectivity index (χ3v) is 4.53. The zero-order chi connectivity index (χ0) is 19.2. The highest BCUT2D eigenvalue weighted by molar-refractivity contribution is 7.09. The summed E-state index contributed by atoms with van der Waals surface area (Å²) in [5.41, 5.74) is 0.959. The number of rotatable bonds is 6. The van der Waals surface area contributed by atoms with Crippen LogP contribution in [0.15, 0.2) is 36.0 Å². The van der Waals surface area contributed by atoms with Gasteiger partial charge in [-0.1, -0.05) is 6.07 Å². The van der Waals surface area contributed by atoms with Crippen LogP contribution in [-0.2, 0) is 16.0 Å². The molecule has 3 amide bonds. The summed E-state index contributed by atoms with van der Waals surface area (Å²) in [7, 11) is 0. The highest BCUT2D eigenvalue weighted by Crippen LogP contribution is 2.13. The van der Waals surface area contributed by atoms with Crippen LogP contribution in [0, 0.1) is 6.92 Å². The van der Waals surface area contributed by atoms with Crippen LogP contribution in [0.1, 0.15) is 20.9 Å². The predicted octanol–water partition coefficient (Wildman–Crippen LogP) is 1.32. The molecule has 3 aromatic heterocycles. The lowest BCUT2D eigenvalue weighted by molar-refractivity contribution is -0.123. The first kappa shape index (κ1) is 18.5. The van der Waals surface area contributed by atoms with E-state index >= 15 is 0 Å². The van der Waals surface area contributed by atoms with Crippen molar-refractivity contribution in [1.82, 2.24) is 25.2 Å². The Morgan fingerprint density at radius 3 is 2.93 bits per heavy atom. The standard InChI is InChI=1S/C17H17N5O4S/c1-11-14(15-18-6-3-8-22(15)21-11)16(24)26-10-13(23)20-17(25)19-7-5-12-4-2-9-27-12/h2-4,6,8-9H,5,7,10H2,1H3,(H2,19,20,23,25). The second-order valence-electron chi connectivity index (χ2n) is 5.56. The monoisotopic (exact) mass is 387 g/mol. The van der Waals surface area contributed by atoms with Gasteiger partial charge >= 0.3 is 12.0 Å². The fraction of sp³-hybridized carbons (Fsp3) is 0.235. The number of urea groups is 1. The van der Waals surface area contributed by atoms with E-state index in [9.17, 15) is 14.4 Å². The molecule has 9 nitrogen and oxygen atoms in total. The van der Waals surface area contributed by atoms with E-state index in [1.165, 1.54) is 10.7 Å². The van der Waals surface area contributed by atoms with Crippen LogP contribution in [0.5, 0.6) is 0 Å². The van der Waals surface area contributed by atoms with Crippen molar-refractivity contribution in [2.45, 2.75) is 13.3 Å². The molecule has 0 saturated heterocycles. The van der Waals surface area contributed by atoms with Gasteiger partial charge in [0.25, 0.3) is 5.91 Å². The summed E-state index contributed by atoms with van der Waals surface area (Å²) >= 11 is 1.59. The number of nitrogens with zero attached hydrogens (tertiary/aromatic N) is 3. The van der Waals surface area contributed by atoms with Gasteiger partial charge in [-0.15, -0.1) is 11.3 Å². The molecule has 0 aliphatic heterocycles. The molecule has 0 aliphatic carbocycles. The highest BCUT2D eigenvalue weighted by atomic mass is 32.1. The van der Waals surface area contributed by atoms with Crippen molar-refractivity contribution in [3.05, 3.63) is 52.1 Å². The number of aryl methyl sites for hydroxylation is 1. The molecule has 10 heteroatoms. The topological polar surface area (TPSA) is 115 Å². The Labute approximate surface area is 158 Å². The summed E-state index contributed by atoms with van der Waals surface area (Å²) in [6.07, 6.45) is 3.86. The molecular formula is C17H17N5O4S. The summed E-state index contributed by atoms with van der Waals surface area (Å²) < 4.78 is 6.43. The lowest BCUT2D eigenvalue weighted by atomic mass is 10.2. The molecular weight excluding hydrogens is 370 g/mol. The Balaban J connectivity index is 1.46. The molecule has 0 atom stereocenters. The summed E-state index contributed by atoms with van der Waals surface area (Å²) in [6, 6.07) is 4.94. The number of aromatic nitrogens is 3. The van der Waals surface area contributed by atoms with E-state index in [-0.39, 0.29) is 5.56 Å². The van der Waals surface area contributed by atoms with Crippen molar-refractivity contribution in [1.29, 1.82) is 0 Å². The Hall–Kier alpha value is -3.27. The second kappa shape index (κ2) is 8.41. The van der Waals surface area contributed by atoms with Crippen molar-refractivity contribution in [3.8, 4) is 0 Å². The minimum atomic E-state index is -0.727. The molecule has 0 spiro atoms. The van der Waals surface area contributed by atoms with Gasteiger partial charge < -0.3 is 10.1 Å². The van der Waals surface area contributed by atoms with E-state index < -0.39 is 24.5 Å². The summed E-state index contributed by atoms with van der Waals surface area (Å²) in [5, 5.41) is 10.8. The van der Waals surface area contributed by atoms with Crippen LogP contribution in [0.4, 0.5) is 4.79 Å². The molecule has 0 saturated carbocycles. The Morgan fingerprint density at radius 1 is 1.30 bits per heavy atom. The largest absolute Gasteiger partial charge is 0.452 e. The number of ether oxygens (including phenoxy) is 1. The van der Waals surface area contributed by atoms with Gasteiger partial charge in [0.1, 0.15) is 5.56 Å². The number of imide groups is 1. The van der Waals surface area contributed by atoms with Crippen molar-refractivity contribution >= 4 is 34.9 Å². The van der Waals surface area contributed by atoms with Gasteiger partial charge in [0.05, 0.1) is 5.69 Å². The minimum Gasteiger partial charge on any atom is -0.452 e. The van der Waals surface area contributed by atoms with Crippen molar-refractivity contribution in [2.24, 2.45) is 0 Å². The number of thiophene rings is 1. The number of hydrogen-bond acceptors (Lipinski definition) is 7. The lowest BCUT2D eigenvalue weighted by Gasteiger charge is -2.07. The van der Waals surface area contributed by atoms with Crippen LogP contribution in [-0.4, -0.2) is 45.7 Å². The molecule has 0 bridgehead atoms. The average molecular weight is 387 g/mol. The van der Waals surface area contributed by atoms with Gasteiger partial charge in [-0.25, -0.2) is 19.1 Å². The van der Waals surface area contributed by atoms with Gasteiger partial charge in [-0.05, 0) is 30.9 Å². The smallest absolute Gasteiger partial charge is 0.344 e. The number of hydrogen-bond donors (Lipinski definition) is 2. The number of esters is 1. The SMILES string of the molecule is Cc1nn2cccnc2c1C(=O)OCC(=O)NC(=O)NCCc1cccs1. The number of carbonyl (C=O) groups is 3. The van der Waals surface area contributed by atoms with Gasteiger partial charge in [-0.2, -0.15) is 5.10 Å². The Bertz CT molecular complexity index is 967. The maximum Gasteiger partial charge on any atom is 0.344 e. The third-order valence-electron chi connectivity index (χ3n) is 3.60. The summed E-state index contributed by atoms with van der Waals surface area (Å²) in [6.45, 7) is 1.46. The van der Waals surface area contributed by atoms with Crippen molar-refractivity contribution in [2.75, 3.05) is 13.2 Å². The van der Waals surface area contributed by atoms with E-state index in [1.807, 2.05) is 17.5 Å². The first-order valence-corrected chi connectivity index (χ1v) is 8.99. The first-order valence-electron chi connectivity index (χ1n) is 8.11. The third kappa shape index (κ3) is 4.67. The molecule has 0 unspecified atom stereocenters. The van der Waals surface area contributed by atoms with Gasteiger partial charge in [0.2, 0.25) is 0 Å². The van der Waals surface area contributed by atoms with Gasteiger partial charge in [0, 0.05) is 23.8 Å². The van der Waals surface area contributed by atoms with E-state index in [0.29, 0.717) is 24.3 Å². The molecule has 3 heterocycles. The van der Waals surface area contributed by atoms with Crippen molar-refractivity contribution in [3.63, 3.8) is 0 Å². The van der Waals surface area contributed by atoms with Crippen molar-refractivity contribution < 1.29 is 19.1 Å². The summed E-state index contributed by atoms with van der Waals surface area (Å²) in [5.74, 6) is -1.45. The van der Waals surface area contributed by atoms with Gasteiger partial charge in [0.15, 0.2) is 12.3 Å². The molecule has 0 aliphatic rings. The molecule has 0 radical (unpaired) electrons. The number of nitrogens with one attached hydrogen (secondary N) is 2. The number of amides is 3. The van der Waals surface area contributed by atoms with E-state index in [1.54, 1.807) is 30.5 Å². The zero-order valence-electron chi connectivity index (χ0n) is 14.5. The number of carbonyl (C=O) groups excluding carboxylic acids is 3. The fourth-order valence-corrected chi connectivity index (χ4v) is 3.11. The Kier molecular flexibility index (Phi) is 5.77. The van der Waals surface area contributed by atoms with Crippen LogP contribution in [0.2, 0.25) is 0 Å². The molecule has 3 aromatic rings. The van der Waals surface area contributed by atoms with E-state index in [0.717, 1.165) is 4.88 Å². The number of fused-ring (bicyclic) bond motifs is 1. The maximum absolute atomic E-state index is 12.2. The molecule has 2 N–H and O–H groups in total. The van der Waals surface area contributed by atoms with E-state index in [4.69, 9.17) is 4.74 Å². The molecule has 0 fully saturated rings. The van der Waals surface area contributed by atoms with Crippen LogP contribution >= 0.6 is 11.3 Å². The Morgan fingerprint density at radius 2 is 2.15 bits per heavy atom. The molecule has 3 rings (SSSR count). The lowest BCUT2D eigenvalue weighted by Crippen LogP contribution is -2.42. The predicted molar refractivity (Wildman–Crippen MR) is 97.6 cm³/mol. The fourth-order valence-electron chi connectivity index (χ4n) is 2.40. The average Bonchev–Trinajstić information content (AvgIpc) is 3.26. The molecule has 0 aromatic carbocycles. The quantitative estimate of drug-likeness (QED) is 0.617. The highest BCUT2D eigenvalue weighted by Gasteiger charge is 2.20. The maximum atomic E-state index is 12.2. The van der Waals surface area contributed by atoms with Crippen LogP contribution < -0.4 is 10.6 Å². The van der Waals surface area contributed by atoms with Crippen LogP contribution in [0.3, 0.4) is 0 Å².